The Kier molecular flexibility index (Phi) is 4.92. The zero-order chi connectivity index (χ0) is 19.0. The number of sulfonamides is 1. The average molecular weight is 410 g/mol. The highest BCUT2D eigenvalue weighted by molar-refractivity contribution is 7.89. The molecule has 1 amide bonds. The first kappa shape index (κ1) is 18.4. The minimum atomic E-state index is -3.45. The van der Waals surface area contributed by atoms with Crippen LogP contribution in [0.1, 0.15) is 29.2 Å². The fourth-order valence-corrected chi connectivity index (χ4v) is 5.69. The molecule has 0 bridgehead atoms. The van der Waals surface area contributed by atoms with E-state index < -0.39 is 15.3 Å². The van der Waals surface area contributed by atoms with Gasteiger partial charge < -0.3 is 4.90 Å². The van der Waals surface area contributed by atoms with Gasteiger partial charge in [0, 0.05) is 36.8 Å². The normalized spacial score (nSPS) is 21.8. The predicted molar refractivity (Wildman–Crippen MR) is 99.9 cm³/mol. The average Bonchev–Trinajstić information content (AvgIpc) is 3.15. The Bertz CT molecular complexity index is 928. The number of hydrogen-bond donors (Lipinski definition) is 0. The van der Waals surface area contributed by atoms with E-state index in [-0.39, 0.29) is 25.0 Å². The number of carbonyl (C=O) groups is 1. The SMILES string of the molecule is O=C(c1cccc(Cl)c1)N1CC(S(=O)(=O)N2CCC[C@@H](n3cncn3)C2)C1. The molecule has 0 saturated carbocycles. The number of carbonyl (C=O) groups excluding carboxylic acids is 1. The van der Waals surface area contributed by atoms with E-state index in [0.29, 0.717) is 23.7 Å². The first-order valence-corrected chi connectivity index (χ1v) is 10.7. The highest BCUT2D eigenvalue weighted by Gasteiger charge is 2.44. The number of rotatable bonds is 4. The van der Waals surface area contributed by atoms with Crippen LogP contribution in [0.2, 0.25) is 5.02 Å². The topological polar surface area (TPSA) is 88.4 Å². The standard InChI is InChI=1S/C17H20ClN5O3S/c18-14-4-1-3-13(7-14)17(24)21-9-16(10-21)27(25,26)22-6-2-5-15(8-22)23-12-19-11-20-23/h1,3-4,7,11-12,15-16H,2,5-6,8-10H2/t15-/m1/s1. The number of piperidine rings is 1. The minimum Gasteiger partial charge on any atom is -0.336 e. The molecule has 0 aliphatic carbocycles. The molecule has 8 nitrogen and oxygen atoms in total. The van der Waals surface area contributed by atoms with Gasteiger partial charge in [-0.15, -0.1) is 0 Å². The molecule has 144 valence electrons. The summed E-state index contributed by atoms with van der Waals surface area (Å²) in [5, 5.41) is 4.06. The van der Waals surface area contributed by atoms with Crippen molar-refractivity contribution >= 4 is 27.5 Å². The molecule has 0 unspecified atom stereocenters. The maximum atomic E-state index is 13.0. The first-order chi connectivity index (χ1) is 12.9. The van der Waals surface area contributed by atoms with Gasteiger partial charge in [0.15, 0.2) is 0 Å². The van der Waals surface area contributed by atoms with Crippen molar-refractivity contribution in [2.24, 2.45) is 0 Å². The van der Waals surface area contributed by atoms with E-state index in [2.05, 4.69) is 10.1 Å². The summed E-state index contributed by atoms with van der Waals surface area (Å²) in [5.41, 5.74) is 0.475. The van der Waals surface area contributed by atoms with Crippen molar-refractivity contribution in [3.8, 4) is 0 Å². The Labute approximate surface area is 162 Å². The minimum absolute atomic E-state index is 0.000275. The fraction of sp³-hybridized carbons (Fsp3) is 0.471. The molecule has 1 aromatic carbocycles. The number of nitrogens with zero attached hydrogens (tertiary/aromatic N) is 5. The van der Waals surface area contributed by atoms with Crippen LogP contribution in [-0.4, -0.2) is 69.7 Å². The van der Waals surface area contributed by atoms with Crippen LogP contribution in [-0.2, 0) is 10.0 Å². The molecule has 1 aromatic heterocycles. The molecular weight excluding hydrogens is 390 g/mol. The van der Waals surface area contributed by atoms with E-state index >= 15 is 0 Å². The second kappa shape index (κ2) is 7.21. The number of aromatic nitrogens is 3. The summed E-state index contributed by atoms with van der Waals surface area (Å²) in [6.45, 7) is 1.31. The van der Waals surface area contributed by atoms with E-state index in [1.54, 1.807) is 40.2 Å². The van der Waals surface area contributed by atoms with Crippen LogP contribution in [0.3, 0.4) is 0 Å². The van der Waals surface area contributed by atoms with Crippen LogP contribution in [0.5, 0.6) is 0 Å². The van der Waals surface area contributed by atoms with Crippen LogP contribution in [0.4, 0.5) is 0 Å². The molecule has 1 atom stereocenters. The molecule has 2 aromatic rings. The summed E-state index contributed by atoms with van der Waals surface area (Å²) < 4.78 is 29.2. The summed E-state index contributed by atoms with van der Waals surface area (Å²) in [4.78, 5) is 18.0. The van der Waals surface area contributed by atoms with Crippen molar-refractivity contribution in [3.63, 3.8) is 0 Å². The number of hydrogen-bond acceptors (Lipinski definition) is 5. The van der Waals surface area contributed by atoms with Gasteiger partial charge in [-0.05, 0) is 31.0 Å². The Morgan fingerprint density at radius 3 is 2.74 bits per heavy atom. The quantitative estimate of drug-likeness (QED) is 0.762. The smallest absolute Gasteiger partial charge is 0.253 e. The predicted octanol–water partition coefficient (Wildman–Crippen LogP) is 1.42. The molecule has 27 heavy (non-hydrogen) atoms. The van der Waals surface area contributed by atoms with Gasteiger partial charge in [-0.1, -0.05) is 17.7 Å². The Morgan fingerprint density at radius 1 is 1.22 bits per heavy atom. The maximum Gasteiger partial charge on any atom is 0.253 e. The molecular formula is C17H20ClN5O3S. The Balaban J connectivity index is 1.40. The van der Waals surface area contributed by atoms with Crippen molar-refractivity contribution in [3.05, 3.63) is 47.5 Å². The third-order valence-electron chi connectivity index (χ3n) is 5.16. The van der Waals surface area contributed by atoms with Crippen LogP contribution >= 0.6 is 11.6 Å². The molecule has 0 radical (unpaired) electrons. The summed E-state index contributed by atoms with van der Waals surface area (Å²) in [6.07, 6.45) is 4.73. The molecule has 2 fully saturated rings. The van der Waals surface area contributed by atoms with Crippen LogP contribution in [0.25, 0.3) is 0 Å². The van der Waals surface area contributed by atoms with Gasteiger partial charge in [0.25, 0.3) is 5.91 Å². The van der Waals surface area contributed by atoms with E-state index in [9.17, 15) is 13.2 Å². The fourth-order valence-electron chi connectivity index (χ4n) is 3.58. The molecule has 2 aliphatic rings. The van der Waals surface area contributed by atoms with E-state index in [4.69, 9.17) is 11.6 Å². The number of benzene rings is 1. The van der Waals surface area contributed by atoms with Gasteiger partial charge in [-0.2, -0.15) is 9.40 Å². The molecule has 2 aliphatic heterocycles. The Hall–Kier alpha value is -1.97. The molecule has 0 spiro atoms. The Morgan fingerprint density at radius 2 is 2.04 bits per heavy atom. The third kappa shape index (κ3) is 3.59. The van der Waals surface area contributed by atoms with Crippen LogP contribution < -0.4 is 0 Å². The van der Waals surface area contributed by atoms with Crippen molar-refractivity contribution in [2.45, 2.75) is 24.1 Å². The van der Waals surface area contributed by atoms with Crippen molar-refractivity contribution in [1.29, 1.82) is 0 Å². The monoisotopic (exact) mass is 409 g/mol. The van der Waals surface area contributed by atoms with Crippen molar-refractivity contribution in [1.82, 2.24) is 24.0 Å². The van der Waals surface area contributed by atoms with Crippen LogP contribution in [0.15, 0.2) is 36.9 Å². The summed E-state index contributed by atoms with van der Waals surface area (Å²) in [7, 11) is -3.45. The molecule has 2 saturated heterocycles. The highest BCUT2D eigenvalue weighted by Crippen LogP contribution is 2.28. The van der Waals surface area contributed by atoms with Crippen molar-refractivity contribution in [2.75, 3.05) is 26.2 Å². The second-order valence-electron chi connectivity index (χ2n) is 6.92. The van der Waals surface area contributed by atoms with E-state index in [1.807, 2.05) is 0 Å². The lowest BCUT2D eigenvalue weighted by Gasteiger charge is -2.42. The van der Waals surface area contributed by atoms with Crippen LogP contribution in [0, 0.1) is 0 Å². The second-order valence-corrected chi connectivity index (χ2v) is 9.57. The van der Waals surface area contributed by atoms with E-state index in [0.717, 1.165) is 12.8 Å². The third-order valence-corrected chi connectivity index (χ3v) is 7.59. The first-order valence-electron chi connectivity index (χ1n) is 8.83. The zero-order valence-corrected chi connectivity index (χ0v) is 16.2. The maximum absolute atomic E-state index is 13.0. The van der Waals surface area contributed by atoms with Gasteiger partial charge in [0.05, 0.1) is 6.04 Å². The largest absolute Gasteiger partial charge is 0.336 e. The zero-order valence-electron chi connectivity index (χ0n) is 14.6. The molecule has 4 rings (SSSR count). The summed E-state index contributed by atoms with van der Waals surface area (Å²) >= 11 is 5.93. The van der Waals surface area contributed by atoms with Gasteiger partial charge in [0.1, 0.15) is 17.9 Å². The van der Waals surface area contributed by atoms with Gasteiger partial charge in [-0.25, -0.2) is 18.1 Å². The molecule has 3 heterocycles. The molecule has 0 N–H and O–H groups in total. The van der Waals surface area contributed by atoms with Gasteiger partial charge in [0.2, 0.25) is 10.0 Å². The molecule has 10 heteroatoms. The number of amides is 1. The van der Waals surface area contributed by atoms with Gasteiger partial charge >= 0.3 is 0 Å². The number of halogens is 1. The van der Waals surface area contributed by atoms with Crippen molar-refractivity contribution < 1.29 is 13.2 Å². The highest BCUT2D eigenvalue weighted by atomic mass is 35.5. The number of likely N-dealkylation sites (tertiary alicyclic amines) is 1. The lowest BCUT2D eigenvalue weighted by atomic mass is 10.1. The summed E-state index contributed by atoms with van der Waals surface area (Å²) in [5.74, 6) is -0.192. The van der Waals surface area contributed by atoms with E-state index in [1.165, 1.54) is 10.6 Å². The summed E-state index contributed by atoms with van der Waals surface area (Å²) in [6, 6.07) is 6.69. The van der Waals surface area contributed by atoms with Gasteiger partial charge in [-0.3, -0.25) is 4.79 Å². The lowest BCUT2D eigenvalue weighted by molar-refractivity contribution is 0.0653. The lowest BCUT2D eigenvalue weighted by Crippen LogP contribution is -2.60.